The Hall–Kier alpha value is -0.600. The Balaban J connectivity index is 2.66. The van der Waals surface area contributed by atoms with Crippen LogP contribution >= 0.6 is 0 Å². The molecule has 4 nitrogen and oxygen atoms in total. The molecule has 0 aromatic carbocycles. The first-order valence-electron chi connectivity index (χ1n) is 3.68. The van der Waals surface area contributed by atoms with Gasteiger partial charge in [0.2, 0.25) is 0 Å². The summed E-state index contributed by atoms with van der Waals surface area (Å²) in [6, 6.07) is 0. The number of ether oxygens (including phenoxy) is 2. The third-order valence-electron chi connectivity index (χ3n) is 1.95. The van der Waals surface area contributed by atoms with Gasteiger partial charge in [-0.05, 0) is 0 Å². The van der Waals surface area contributed by atoms with Gasteiger partial charge in [-0.15, -0.1) is 6.42 Å². The normalized spacial score (nSPS) is 41.2. The second-order valence-corrected chi connectivity index (χ2v) is 2.64. The van der Waals surface area contributed by atoms with Crippen molar-refractivity contribution in [2.75, 3.05) is 13.7 Å². The average Bonchev–Trinajstić information content (AvgIpc) is 2.41. The standard InChI is InChI=1S/C8H12O4/c1-3-5-8(11-2)7(10)6(4-9)12-5/h1,5-10H,4H2,2H3/t5-,6+,7?,8?/m0/s1. The van der Waals surface area contributed by atoms with Crippen LogP contribution in [0.3, 0.4) is 0 Å². The second kappa shape index (κ2) is 3.87. The van der Waals surface area contributed by atoms with Gasteiger partial charge in [0.1, 0.15) is 24.4 Å². The minimum Gasteiger partial charge on any atom is -0.394 e. The number of terminal acetylenes is 1. The number of hydrogen-bond donors (Lipinski definition) is 2. The molecule has 0 bridgehead atoms. The molecule has 12 heavy (non-hydrogen) atoms. The first-order valence-corrected chi connectivity index (χ1v) is 3.68. The van der Waals surface area contributed by atoms with Crippen LogP contribution in [0.25, 0.3) is 0 Å². The van der Waals surface area contributed by atoms with E-state index in [2.05, 4.69) is 5.92 Å². The van der Waals surface area contributed by atoms with E-state index in [0.29, 0.717) is 0 Å². The molecule has 1 aliphatic rings. The summed E-state index contributed by atoms with van der Waals surface area (Å²) in [5.74, 6) is 2.34. The Morgan fingerprint density at radius 2 is 2.33 bits per heavy atom. The van der Waals surface area contributed by atoms with Gasteiger partial charge in [0.15, 0.2) is 0 Å². The molecule has 0 aromatic heterocycles. The summed E-state index contributed by atoms with van der Waals surface area (Å²) in [4.78, 5) is 0. The quantitative estimate of drug-likeness (QED) is 0.511. The highest BCUT2D eigenvalue weighted by Gasteiger charge is 2.42. The van der Waals surface area contributed by atoms with Crippen LogP contribution in [0.2, 0.25) is 0 Å². The number of aliphatic hydroxyl groups is 2. The van der Waals surface area contributed by atoms with Crippen LogP contribution in [-0.2, 0) is 9.47 Å². The van der Waals surface area contributed by atoms with E-state index in [9.17, 15) is 5.11 Å². The molecule has 0 saturated carbocycles. The number of methoxy groups -OCH3 is 1. The fourth-order valence-corrected chi connectivity index (χ4v) is 1.29. The van der Waals surface area contributed by atoms with Gasteiger partial charge in [-0.25, -0.2) is 0 Å². The third kappa shape index (κ3) is 1.45. The summed E-state index contributed by atoms with van der Waals surface area (Å²) in [6.45, 7) is -0.251. The summed E-state index contributed by atoms with van der Waals surface area (Å²) in [7, 11) is 1.45. The maximum absolute atomic E-state index is 9.44. The summed E-state index contributed by atoms with van der Waals surface area (Å²) in [5, 5.41) is 18.2. The van der Waals surface area contributed by atoms with E-state index in [-0.39, 0.29) is 6.61 Å². The van der Waals surface area contributed by atoms with Crippen LogP contribution in [-0.4, -0.2) is 48.3 Å². The van der Waals surface area contributed by atoms with Gasteiger partial charge in [0.25, 0.3) is 0 Å². The first kappa shape index (κ1) is 9.49. The minimum atomic E-state index is -0.846. The summed E-state index contributed by atoms with van der Waals surface area (Å²) in [6.07, 6.45) is 2.55. The van der Waals surface area contributed by atoms with Gasteiger partial charge in [-0.2, -0.15) is 0 Å². The molecular formula is C8H12O4. The van der Waals surface area contributed by atoms with Gasteiger partial charge in [-0.3, -0.25) is 0 Å². The molecule has 0 radical (unpaired) electrons. The van der Waals surface area contributed by atoms with Crippen molar-refractivity contribution in [1.29, 1.82) is 0 Å². The van der Waals surface area contributed by atoms with Crippen molar-refractivity contribution in [2.45, 2.75) is 24.4 Å². The predicted octanol–water partition coefficient (Wildman–Crippen LogP) is -1.24. The lowest BCUT2D eigenvalue weighted by molar-refractivity contribution is -0.0149. The van der Waals surface area contributed by atoms with Gasteiger partial charge >= 0.3 is 0 Å². The Bertz CT molecular complexity index is 186. The van der Waals surface area contributed by atoms with Crippen LogP contribution < -0.4 is 0 Å². The fourth-order valence-electron chi connectivity index (χ4n) is 1.29. The maximum Gasteiger partial charge on any atom is 0.147 e. The molecule has 0 spiro atoms. The van der Waals surface area contributed by atoms with Crippen LogP contribution in [0, 0.1) is 12.3 Å². The van der Waals surface area contributed by atoms with E-state index in [1.54, 1.807) is 0 Å². The van der Waals surface area contributed by atoms with Crippen molar-refractivity contribution in [3.63, 3.8) is 0 Å². The van der Waals surface area contributed by atoms with E-state index in [1.165, 1.54) is 7.11 Å². The van der Waals surface area contributed by atoms with Crippen molar-refractivity contribution in [3.05, 3.63) is 0 Å². The molecule has 0 aromatic rings. The Labute approximate surface area is 71.1 Å². The number of rotatable bonds is 2. The Morgan fingerprint density at radius 1 is 1.67 bits per heavy atom. The number of aliphatic hydroxyl groups excluding tert-OH is 2. The van der Waals surface area contributed by atoms with Crippen LogP contribution in [0.5, 0.6) is 0 Å². The van der Waals surface area contributed by atoms with E-state index < -0.39 is 24.4 Å². The monoisotopic (exact) mass is 172 g/mol. The topological polar surface area (TPSA) is 58.9 Å². The Morgan fingerprint density at radius 3 is 2.67 bits per heavy atom. The summed E-state index contributed by atoms with van der Waals surface area (Å²) in [5.41, 5.74) is 0. The molecule has 1 fully saturated rings. The van der Waals surface area contributed by atoms with Crippen LogP contribution in [0.4, 0.5) is 0 Å². The molecule has 2 unspecified atom stereocenters. The molecule has 4 atom stereocenters. The van der Waals surface area contributed by atoms with Crippen molar-refractivity contribution < 1.29 is 19.7 Å². The summed E-state index contributed by atoms with van der Waals surface area (Å²) >= 11 is 0. The van der Waals surface area contributed by atoms with Crippen molar-refractivity contribution >= 4 is 0 Å². The molecule has 1 aliphatic heterocycles. The maximum atomic E-state index is 9.44. The molecule has 0 amide bonds. The average molecular weight is 172 g/mol. The third-order valence-corrected chi connectivity index (χ3v) is 1.95. The molecule has 0 aliphatic carbocycles. The van der Waals surface area contributed by atoms with Gasteiger partial charge < -0.3 is 19.7 Å². The highest BCUT2D eigenvalue weighted by Crippen LogP contribution is 2.22. The smallest absolute Gasteiger partial charge is 0.147 e. The van der Waals surface area contributed by atoms with Crippen LogP contribution in [0.15, 0.2) is 0 Å². The zero-order chi connectivity index (χ0) is 9.14. The largest absolute Gasteiger partial charge is 0.394 e. The number of hydrogen-bond acceptors (Lipinski definition) is 4. The zero-order valence-corrected chi connectivity index (χ0v) is 6.80. The first-order chi connectivity index (χ1) is 5.74. The lowest BCUT2D eigenvalue weighted by Gasteiger charge is -2.14. The second-order valence-electron chi connectivity index (χ2n) is 2.64. The lowest BCUT2D eigenvalue weighted by Crippen LogP contribution is -2.35. The molecular weight excluding hydrogens is 160 g/mol. The Kier molecular flexibility index (Phi) is 3.06. The van der Waals surface area contributed by atoms with Gasteiger partial charge in [0.05, 0.1) is 6.61 Å². The molecule has 68 valence electrons. The SMILES string of the molecule is C#C[C@@H]1O[C@H](CO)C(O)C1OC. The van der Waals surface area contributed by atoms with Gasteiger partial charge in [-0.1, -0.05) is 5.92 Å². The molecule has 1 rings (SSSR count). The highest BCUT2D eigenvalue weighted by molar-refractivity contribution is 5.07. The lowest BCUT2D eigenvalue weighted by atomic mass is 10.1. The fraction of sp³-hybridized carbons (Fsp3) is 0.750. The van der Waals surface area contributed by atoms with E-state index >= 15 is 0 Å². The van der Waals surface area contributed by atoms with Crippen molar-refractivity contribution in [3.8, 4) is 12.3 Å². The molecule has 2 N–H and O–H groups in total. The zero-order valence-electron chi connectivity index (χ0n) is 6.80. The molecule has 1 saturated heterocycles. The van der Waals surface area contributed by atoms with E-state index in [1.807, 2.05) is 0 Å². The minimum absolute atomic E-state index is 0.251. The highest BCUT2D eigenvalue weighted by atomic mass is 16.6. The summed E-state index contributed by atoms with van der Waals surface area (Å²) < 4.78 is 10.0. The van der Waals surface area contributed by atoms with Crippen LogP contribution in [0.1, 0.15) is 0 Å². The van der Waals surface area contributed by atoms with Crippen molar-refractivity contribution in [1.82, 2.24) is 0 Å². The predicted molar refractivity (Wildman–Crippen MR) is 41.4 cm³/mol. The van der Waals surface area contributed by atoms with E-state index in [4.69, 9.17) is 21.0 Å². The van der Waals surface area contributed by atoms with Crippen molar-refractivity contribution in [2.24, 2.45) is 0 Å². The molecule has 1 heterocycles. The van der Waals surface area contributed by atoms with E-state index in [0.717, 1.165) is 0 Å². The van der Waals surface area contributed by atoms with Gasteiger partial charge in [0, 0.05) is 7.11 Å². The molecule has 4 heteroatoms.